The molecule has 0 atom stereocenters. The van der Waals surface area contributed by atoms with Gasteiger partial charge < -0.3 is 16.3 Å². The molecule has 1 aromatic carbocycles. The summed E-state index contributed by atoms with van der Waals surface area (Å²) in [6, 6.07) is 7.57. The monoisotopic (exact) mass is 276 g/mol. The van der Waals surface area contributed by atoms with Gasteiger partial charge in [0.2, 0.25) is 0 Å². The van der Waals surface area contributed by atoms with E-state index >= 15 is 0 Å². The van der Waals surface area contributed by atoms with Crippen molar-refractivity contribution in [1.82, 2.24) is 10.3 Å². The minimum atomic E-state index is 0.123. The van der Waals surface area contributed by atoms with Gasteiger partial charge in [-0.05, 0) is 12.5 Å². The van der Waals surface area contributed by atoms with E-state index in [1.165, 1.54) is 0 Å². The lowest BCUT2D eigenvalue weighted by molar-refractivity contribution is 0.318. The summed E-state index contributed by atoms with van der Waals surface area (Å²) in [4.78, 5) is 4.39. The average Bonchev–Trinajstić information content (AvgIpc) is 2.84. The molecule has 0 aliphatic carbocycles. The van der Waals surface area contributed by atoms with Gasteiger partial charge in [0, 0.05) is 29.7 Å². The molecular weight excluding hydrogens is 260 g/mol. The Labute approximate surface area is 115 Å². The van der Waals surface area contributed by atoms with E-state index < -0.39 is 0 Å². The number of nitrogens with two attached hydrogens (primary N) is 1. The Kier molecular flexibility index (Phi) is 4.48. The molecule has 0 radical (unpaired) electrons. The SMILES string of the molecule is Cc1csc(CNCc2ccc(C(N)=NO)cc2)n1. The highest BCUT2D eigenvalue weighted by molar-refractivity contribution is 7.09. The average molecular weight is 276 g/mol. The van der Waals surface area contributed by atoms with Crippen LogP contribution in [0.15, 0.2) is 34.8 Å². The molecule has 0 unspecified atom stereocenters. The minimum Gasteiger partial charge on any atom is -0.409 e. The number of oxime groups is 1. The Balaban J connectivity index is 1.86. The Bertz CT molecular complexity index is 562. The van der Waals surface area contributed by atoms with E-state index in [9.17, 15) is 0 Å². The van der Waals surface area contributed by atoms with Gasteiger partial charge in [0.1, 0.15) is 5.01 Å². The maximum absolute atomic E-state index is 8.57. The van der Waals surface area contributed by atoms with Crippen molar-refractivity contribution in [3.63, 3.8) is 0 Å². The van der Waals surface area contributed by atoms with Gasteiger partial charge in [-0.25, -0.2) is 4.98 Å². The quantitative estimate of drug-likeness (QED) is 0.337. The first kappa shape index (κ1) is 13.5. The Morgan fingerprint density at radius 3 is 2.68 bits per heavy atom. The van der Waals surface area contributed by atoms with Crippen LogP contribution >= 0.6 is 11.3 Å². The van der Waals surface area contributed by atoms with Crippen molar-refractivity contribution < 1.29 is 5.21 Å². The molecule has 0 saturated carbocycles. The summed E-state index contributed by atoms with van der Waals surface area (Å²) in [6.07, 6.45) is 0. The van der Waals surface area contributed by atoms with Crippen molar-refractivity contribution in [3.05, 3.63) is 51.5 Å². The zero-order chi connectivity index (χ0) is 13.7. The lowest BCUT2D eigenvalue weighted by Gasteiger charge is -2.04. The van der Waals surface area contributed by atoms with Crippen molar-refractivity contribution in [3.8, 4) is 0 Å². The summed E-state index contributed by atoms with van der Waals surface area (Å²) in [7, 11) is 0. The third kappa shape index (κ3) is 3.77. The van der Waals surface area contributed by atoms with Crippen LogP contribution in [0.1, 0.15) is 21.8 Å². The largest absolute Gasteiger partial charge is 0.409 e. The molecule has 4 N–H and O–H groups in total. The molecule has 0 bridgehead atoms. The van der Waals surface area contributed by atoms with E-state index in [0.717, 1.165) is 29.4 Å². The first-order valence-corrected chi connectivity index (χ1v) is 6.75. The molecule has 2 rings (SSSR count). The summed E-state index contributed by atoms with van der Waals surface area (Å²) in [5, 5.41) is 18.0. The van der Waals surface area contributed by atoms with E-state index in [0.29, 0.717) is 5.56 Å². The molecule has 0 amide bonds. The lowest BCUT2D eigenvalue weighted by atomic mass is 10.1. The Morgan fingerprint density at radius 1 is 1.37 bits per heavy atom. The molecule has 0 aliphatic rings. The normalized spacial score (nSPS) is 11.7. The first-order chi connectivity index (χ1) is 9.19. The highest BCUT2D eigenvalue weighted by Gasteiger charge is 2.00. The summed E-state index contributed by atoms with van der Waals surface area (Å²) in [6.45, 7) is 3.52. The zero-order valence-electron chi connectivity index (χ0n) is 10.6. The van der Waals surface area contributed by atoms with E-state index in [4.69, 9.17) is 10.9 Å². The zero-order valence-corrected chi connectivity index (χ0v) is 11.4. The minimum absolute atomic E-state index is 0.123. The van der Waals surface area contributed by atoms with E-state index in [-0.39, 0.29) is 5.84 Å². The van der Waals surface area contributed by atoms with Gasteiger partial charge >= 0.3 is 0 Å². The van der Waals surface area contributed by atoms with Crippen LogP contribution in [0.25, 0.3) is 0 Å². The second-order valence-corrected chi connectivity index (χ2v) is 5.11. The summed E-state index contributed by atoms with van der Waals surface area (Å²) >= 11 is 1.66. The predicted molar refractivity (Wildman–Crippen MR) is 76.3 cm³/mol. The molecule has 0 fully saturated rings. The van der Waals surface area contributed by atoms with Crippen LogP contribution in [0.5, 0.6) is 0 Å². The summed E-state index contributed by atoms with van der Waals surface area (Å²) in [5.41, 5.74) is 8.41. The number of amidine groups is 1. The number of thiazole rings is 1. The van der Waals surface area contributed by atoms with Gasteiger partial charge in [-0.15, -0.1) is 11.3 Å². The van der Waals surface area contributed by atoms with Crippen molar-refractivity contribution in [2.24, 2.45) is 10.9 Å². The van der Waals surface area contributed by atoms with Gasteiger partial charge in [0.15, 0.2) is 5.84 Å². The highest BCUT2D eigenvalue weighted by Crippen LogP contribution is 2.09. The van der Waals surface area contributed by atoms with Gasteiger partial charge in [-0.3, -0.25) is 0 Å². The van der Waals surface area contributed by atoms with Crippen molar-refractivity contribution in [2.45, 2.75) is 20.0 Å². The number of hydrogen-bond acceptors (Lipinski definition) is 5. The van der Waals surface area contributed by atoms with Gasteiger partial charge in [0.05, 0.1) is 0 Å². The maximum atomic E-state index is 8.57. The molecule has 0 aliphatic heterocycles. The number of rotatable bonds is 5. The van der Waals surface area contributed by atoms with Crippen molar-refractivity contribution >= 4 is 17.2 Å². The predicted octanol–water partition coefficient (Wildman–Crippen LogP) is 1.84. The molecule has 1 heterocycles. The van der Waals surface area contributed by atoms with Crippen LogP contribution in [0.2, 0.25) is 0 Å². The fraction of sp³-hybridized carbons (Fsp3) is 0.231. The van der Waals surface area contributed by atoms with Crippen LogP contribution in [0.3, 0.4) is 0 Å². The number of nitrogens with one attached hydrogen (secondary N) is 1. The highest BCUT2D eigenvalue weighted by atomic mass is 32.1. The molecular formula is C13H16N4OS. The lowest BCUT2D eigenvalue weighted by Crippen LogP contribution is -2.14. The topological polar surface area (TPSA) is 83.5 Å². The molecule has 6 heteroatoms. The van der Waals surface area contributed by atoms with Crippen molar-refractivity contribution in [1.29, 1.82) is 0 Å². The first-order valence-electron chi connectivity index (χ1n) is 5.87. The smallest absolute Gasteiger partial charge is 0.170 e. The second kappa shape index (κ2) is 6.31. The summed E-state index contributed by atoms with van der Waals surface area (Å²) < 4.78 is 0. The van der Waals surface area contributed by atoms with Gasteiger partial charge in [-0.1, -0.05) is 29.4 Å². The maximum Gasteiger partial charge on any atom is 0.170 e. The third-order valence-electron chi connectivity index (χ3n) is 2.63. The number of aryl methyl sites for hydroxylation is 1. The molecule has 100 valence electrons. The fourth-order valence-electron chi connectivity index (χ4n) is 1.65. The molecule has 2 aromatic rings. The molecule has 1 aromatic heterocycles. The number of hydrogen-bond donors (Lipinski definition) is 3. The standard InChI is InChI=1S/C13H16N4OS/c1-9-8-19-12(16-9)7-15-6-10-2-4-11(5-3-10)13(14)17-18/h2-5,8,15,18H,6-7H2,1H3,(H2,14,17). The molecule has 0 saturated heterocycles. The van der Waals surface area contributed by atoms with Gasteiger partial charge in [0.25, 0.3) is 0 Å². The fourth-order valence-corrected chi connectivity index (χ4v) is 2.39. The second-order valence-electron chi connectivity index (χ2n) is 4.17. The van der Waals surface area contributed by atoms with Gasteiger partial charge in [-0.2, -0.15) is 0 Å². The Hall–Kier alpha value is -1.92. The number of benzene rings is 1. The van der Waals surface area contributed by atoms with Crippen LogP contribution in [0.4, 0.5) is 0 Å². The Morgan fingerprint density at radius 2 is 2.11 bits per heavy atom. The van der Waals surface area contributed by atoms with Crippen LogP contribution < -0.4 is 11.1 Å². The number of nitrogens with zero attached hydrogens (tertiary/aromatic N) is 2. The third-order valence-corrected chi connectivity index (χ3v) is 3.60. The van der Waals surface area contributed by atoms with E-state index in [1.54, 1.807) is 11.3 Å². The number of aromatic nitrogens is 1. The van der Waals surface area contributed by atoms with Crippen molar-refractivity contribution in [2.75, 3.05) is 0 Å². The van der Waals surface area contributed by atoms with Crippen LogP contribution in [0, 0.1) is 6.92 Å². The van der Waals surface area contributed by atoms with E-state index in [2.05, 4.69) is 15.5 Å². The summed E-state index contributed by atoms with van der Waals surface area (Å²) in [5.74, 6) is 0.123. The van der Waals surface area contributed by atoms with Crippen LogP contribution in [-0.2, 0) is 13.1 Å². The molecule has 5 nitrogen and oxygen atoms in total. The van der Waals surface area contributed by atoms with E-state index in [1.807, 2.05) is 36.6 Å². The molecule has 0 spiro atoms. The van der Waals surface area contributed by atoms with Crippen LogP contribution in [-0.4, -0.2) is 16.0 Å². The molecule has 19 heavy (non-hydrogen) atoms.